The summed E-state index contributed by atoms with van der Waals surface area (Å²) in [6.07, 6.45) is 0. The number of nitrogens with two attached hydrogens (primary N) is 1. The molecule has 3 N–H and O–H groups in total. The predicted molar refractivity (Wildman–Crippen MR) is 107 cm³/mol. The molecule has 0 bridgehead atoms. The summed E-state index contributed by atoms with van der Waals surface area (Å²) in [6, 6.07) is 16.7. The number of para-hydroxylation sites is 1. The number of aromatic nitrogens is 1. The number of hydrogen-bond donors (Lipinski definition) is 2. The average Bonchev–Trinajstić information content (AvgIpc) is 3.13. The maximum Gasteiger partial charge on any atom is 0.339 e. The van der Waals surface area contributed by atoms with Gasteiger partial charge in [-0.2, -0.15) is 0 Å². The summed E-state index contributed by atoms with van der Waals surface area (Å²) in [5.41, 5.74) is 7.18. The van der Waals surface area contributed by atoms with Crippen molar-refractivity contribution in [2.24, 2.45) is 5.73 Å². The molecule has 8 heteroatoms. The first-order chi connectivity index (χ1) is 13.1. The first-order valence-electron chi connectivity index (χ1n) is 8.05. The summed E-state index contributed by atoms with van der Waals surface area (Å²) < 4.78 is 5.37. The van der Waals surface area contributed by atoms with Crippen LogP contribution in [0.25, 0.3) is 0 Å². The van der Waals surface area contributed by atoms with Gasteiger partial charge in [-0.25, -0.2) is 9.78 Å². The Labute approximate surface area is 164 Å². The van der Waals surface area contributed by atoms with E-state index in [0.29, 0.717) is 16.2 Å². The van der Waals surface area contributed by atoms with Crippen LogP contribution in [0.5, 0.6) is 0 Å². The maximum absolute atomic E-state index is 12.4. The molecule has 0 fully saturated rings. The van der Waals surface area contributed by atoms with E-state index in [1.54, 1.807) is 24.3 Å². The van der Waals surface area contributed by atoms with E-state index in [0.717, 1.165) is 10.8 Å². The number of nitrogens with one attached hydrogen (secondary N) is 1. The molecule has 1 heterocycles. The lowest BCUT2D eigenvalue weighted by molar-refractivity contribution is -0.115. The minimum atomic E-state index is -0.465. The van der Waals surface area contributed by atoms with E-state index in [1.165, 1.54) is 23.1 Å². The Kier molecular flexibility index (Phi) is 6.45. The number of ether oxygens (including phenoxy) is 1. The Bertz CT molecular complexity index is 929. The van der Waals surface area contributed by atoms with Crippen LogP contribution >= 0.6 is 23.1 Å². The van der Waals surface area contributed by atoms with Crippen molar-refractivity contribution in [3.05, 3.63) is 71.2 Å². The highest BCUT2D eigenvalue weighted by molar-refractivity contribution is 8.00. The largest absolute Gasteiger partial charge is 0.456 e. The summed E-state index contributed by atoms with van der Waals surface area (Å²) in [7, 11) is 0. The molecule has 0 atom stereocenters. The van der Waals surface area contributed by atoms with Gasteiger partial charge in [0.15, 0.2) is 5.13 Å². The fourth-order valence-corrected chi connectivity index (χ4v) is 3.70. The summed E-state index contributed by atoms with van der Waals surface area (Å²) in [5, 5.41) is 5.77. The zero-order chi connectivity index (χ0) is 19.1. The molecule has 0 spiro atoms. The van der Waals surface area contributed by atoms with E-state index in [4.69, 9.17) is 10.5 Å². The molecule has 3 aromatic rings. The van der Waals surface area contributed by atoms with Gasteiger partial charge in [0.1, 0.15) is 6.61 Å². The number of hydrogen-bond acceptors (Lipinski definition) is 7. The first-order valence-corrected chi connectivity index (χ1v) is 9.92. The van der Waals surface area contributed by atoms with Crippen LogP contribution in [-0.4, -0.2) is 22.6 Å². The van der Waals surface area contributed by atoms with E-state index in [9.17, 15) is 9.59 Å². The molecule has 0 aliphatic carbocycles. The highest BCUT2D eigenvalue weighted by Gasteiger charge is 2.14. The molecular formula is C19H17N3O3S2. The molecule has 1 aromatic heterocycles. The van der Waals surface area contributed by atoms with Crippen LogP contribution in [0.4, 0.5) is 10.8 Å². The zero-order valence-corrected chi connectivity index (χ0v) is 15.9. The average molecular weight is 399 g/mol. The second-order valence-corrected chi connectivity index (χ2v) is 7.34. The summed E-state index contributed by atoms with van der Waals surface area (Å²) >= 11 is 2.65. The van der Waals surface area contributed by atoms with Gasteiger partial charge in [0.2, 0.25) is 5.91 Å². The molecular weight excluding hydrogens is 382 g/mol. The van der Waals surface area contributed by atoms with Crippen LogP contribution in [0.1, 0.15) is 16.1 Å². The molecule has 0 aliphatic heterocycles. The Morgan fingerprint density at radius 1 is 1.11 bits per heavy atom. The maximum atomic E-state index is 12.4. The number of nitrogens with zero attached hydrogens (tertiary/aromatic N) is 1. The summed E-state index contributed by atoms with van der Waals surface area (Å²) in [4.78, 5) is 28.4. The standard InChI is InChI=1S/C19H17N3O3S2/c20-17(23)12-26-16-9-5-4-8-15(16)18(24)25-10-14-11-27-19(22-14)21-13-6-2-1-3-7-13/h1-9,11H,10,12H2,(H2,20,23)(H,21,22). The van der Waals surface area contributed by atoms with Crippen molar-refractivity contribution >= 4 is 45.8 Å². The second kappa shape index (κ2) is 9.20. The quantitative estimate of drug-likeness (QED) is 0.442. The molecule has 2 aromatic carbocycles. The first kappa shape index (κ1) is 18.9. The number of carbonyl (C=O) groups excluding carboxylic acids is 2. The van der Waals surface area contributed by atoms with Crippen molar-refractivity contribution < 1.29 is 14.3 Å². The summed E-state index contributed by atoms with van der Waals surface area (Å²) in [5.74, 6) is -0.803. The fraction of sp³-hybridized carbons (Fsp3) is 0.105. The van der Waals surface area contributed by atoms with Crippen molar-refractivity contribution in [2.75, 3.05) is 11.1 Å². The van der Waals surface area contributed by atoms with Crippen molar-refractivity contribution in [2.45, 2.75) is 11.5 Å². The number of primary amides is 1. The number of thiazole rings is 1. The third-order valence-electron chi connectivity index (χ3n) is 3.40. The second-order valence-electron chi connectivity index (χ2n) is 5.46. The Morgan fingerprint density at radius 3 is 2.63 bits per heavy atom. The molecule has 6 nitrogen and oxygen atoms in total. The topological polar surface area (TPSA) is 94.3 Å². The minimum Gasteiger partial charge on any atom is -0.456 e. The highest BCUT2D eigenvalue weighted by Crippen LogP contribution is 2.24. The SMILES string of the molecule is NC(=O)CSc1ccccc1C(=O)OCc1csc(Nc2ccccc2)n1. The van der Waals surface area contributed by atoms with Gasteiger partial charge in [-0.05, 0) is 24.3 Å². The van der Waals surface area contributed by atoms with Crippen molar-refractivity contribution in [1.82, 2.24) is 4.98 Å². The lowest BCUT2D eigenvalue weighted by atomic mass is 10.2. The molecule has 0 aliphatic rings. The van der Waals surface area contributed by atoms with Crippen LogP contribution in [0.15, 0.2) is 64.9 Å². The smallest absolute Gasteiger partial charge is 0.339 e. The number of rotatable bonds is 8. The Hall–Kier alpha value is -2.84. The highest BCUT2D eigenvalue weighted by atomic mass is 32.2. The third-order valence-corrected chi connectivity index (χ3v) is 5.31. The van der Waals surface area contributed by atoms with E-state index in [1.807, 2.05) is 35.7 Å². The van der Waals surface area contributed by atoms with Crippen molar-refractivity contribution in [3.63, 3.8) is 0 Å². The molecule has 138 valence electrons. The van der Waals surface area contributed by atoms with Gasteiger partial charge in [0, 0.05) is 16.0 Å². The summed E-state index contributed by atoms with van der Waals surface area (Å²) in [6.45, 7) is 0.0701. The van der Waals surface area contributed by atoms with E-state index >= 15 is 0 Å². The normalized spacial score (nSPS) is 10.4. The molecule has 0 saturated carbocycles. The molecule has 27 heavy (non-hydrogen) atoms. The minimum absolute atomic E-state index is 0.0701. The van der Waals surface area contributed by atoms with Crippen molar-refractivity contribution in [3.8, 4) is 0 Å². The molecule has 0 saturated heterocycles. The Morgan fingerprint density at radius 2 is 1.85 bits per heavy atom. The van der Waals surface area contributed by atoms with E-state index in [2.05, 4.69) is 10.3 Å². The van der Waals surface area contributed by atoms with Gasteiger partial charge >= 0.3 is 5.97 Å². The van der Waals surface area contributed by atoms with Gasteiger partial charge < -0.3 is 15.8 Å². The lowest BCUT2D eigenvalue weighted by Gasteiger charge is -2.08. The fourth-order valence-electron chi connectivity index (χ4n) is 2.20. The van der Waals surface area contributed by atoms with E-state index in [-0.39, 0.29) is 12.4 Å². The van der Waals surface area contributed by atoms with Crippen LogP contribution in [0, 0.1) is 0 Å². The van der Waals surface area contributed by atoms with Gasteiger partial charge in [0.05, 0.1) is 17.0 Å². The van der Waals surface area contributed by atoms with Crippen LogP contribution in [-0.2, 0) is 16.1 Å². The number of carbonyl (C=O) groups is 2. The number of anilines is 2. The number of thioether (sulfide) groups is 1. The Balaban J connectivity index is 1.59. The van der Waals surface area contributed by atoms with Crippen LogP contribution in [0.3, 0.4) is 0 Å². The zero-order valence-electron chi connectivity index (χ0n) is 14.3. The van der Waals surface area contributed by atoms with Crippen molar-refractivity contribution in [1.29, 1.82) is 0 Å². The number of esters is 1. The lowest BCUT2D eigenvalue weighted by Crippen LogP contribution is -2.14. The molecule has 0 unspecified atom stereocenters. The molecule has 1 amide bonds. The monoisotopic (exact) mass is 399 g/mol. The number of amides is 1. The van der Waals surface area contributed by atoms with E-state index < -0.39 is 11.9 Å². The predicted octanol–water partition coefficient (Wildman–Crippen LogP) is 3.82. The third kappa shape index (κ3) is 5.57. The van der Waals surface area contributed by atoms with Crippen LogP contribution in [0.2, 0.25) is 0 Å². The number of benzene rings is 2. The van der Waals surface area contributed by atoms with Gasteiger partial charge in [-0.3, -0.25) is 4.79 Å². The van der Waals surface area contributed by atoms with Gasteiger partial charge in [-0.1, -0.05) is 30.3 Å². The van der Waals surface area contributed by atoms with Crippen LogP contribution < -0.4 is 11.1 Å². The molecule has 3 rings (SSSR count). The van der Waals surface area contributed by atoms with Gasteiger partial charge in [0.25, 0.3) is 0 Å². The molecule has 0 radical (unpaired) electrons. The van der Waals surface area contributed by atoms with Gasteiger partial charge in [-0.15, -0.1) is 23.1 Å².